The molecule has 0 bridgehead atoms. The average Bonchev–Trinajstić information content (AvgIpc) is 2.73. The molecule has 160 valence electrons. The maximum atomic E-state index is 11.5. The van der Waals surface area contributed by atoms with Crippen molar-refractivity contribution in [1.82, 2.24) is 5.32 Å². The lowest BCUT2D eigenvalue weighted by Gasteiger charge is -2.21. The maximum Gasteiger partial charge on any atom is 0.219 e. The number of aryl methyl sites for hydroxylation is 1. The second-order valence-corrected chi connectivity index (χ2v) is 7.99. The van der Waals surface area contributed by atoms with Crippen molar-refractivity contribution in [2.24, 2.45) is 0 Å². The van der Waals surface area contributed by atoms with Crippen molar-refractivity contribution in [3.05, 3.63) is 41.5 Å². The molecule has 0 heterocycles. The van der Waals surface area contributed by atoms with Gasteiger partial charge in [-0.15, -0.1) is 0 Å². The zero-order chi connectivity index (χ0) is 21.1. The summed E-state index contributed by atoms with van der Waals surface area (Å²) in [5.41, 5.74) is 2.84. The molecule has 0 aliphatic heterocycles. The van der Waals surface area contributed by atoms with E-state index in [9.17, 15) is 4.79 Å². The second kappa shape index (κ2) is 12.5. The van der Waals surface area contributed by atoms with Crippen molar-refractivity contribution >= 4 is 16.7 Å². The molecule has 0 aliphatic rings. The van der Waals surface area contributed by atoms with Gasteiger partial charge in [0.15, 0.2) is 0 Å². The molecule has 1 amide bonds. The summed E-state index contributed by atoms with van der Waals surface area (Å²) in [6.45, 7) is 10.2. The van der Waals surface area contributed by atoms with Crippen LogP contribution in [0.4, 0.5) is 0 Å². The summed E-state index contributed by atoms with van der Waals surface area (Å²) < 4.78 is 6.12. The second-order valence-electron chi connectivity index (χ2n) is 7.99. The van der Waals surface area contributed by atoms with Crippen LogP contribution in [0.25, 0.3) is 10.8 Å². The van der Waals surface area contributed by atoms with Gasteiger partial charge in [-0.1, -0.05) is 57.4 Å². The Morgan fingerprint density at radius 2 is 1.76 bits per heavy atom. The minimum Gasteiger partial charge on any atom is -0.493 e. The number of benzene rings is 2. The summed E-state index contributed by atoms with van der Waals surface area (Å²) in [6, 6.07) is 10.9. The first kappa shape index (κ1) is 23.3. The first-order valence-corrected chi connectivity index (χ1v) is 11.5. The number of carbonyl (C=O) groups is 1. The third-order valence-corrected chi connectivity index (χ3v) is 5.79. The van der Waals surface area contributed by atoms with Gasteiger partial charge >= 0.3 is 0 Å². The number of fused-ring (bicyclic) bond motifs is 1. The van der Waals surface area contributed by atoms with E-state index in [0.29, 0.717) is 12.3 Å². The Morgan fingerprint density at radius 1 is 1.03 bits per heavy atom. The summed E-state index contributed by atoms with van der Waals surface area (Å²) in [6.07, 6.45) is 8.56. The third kappa shape index (κ3) is 6.76. The molecule has 3 nitrogen and oxygen atoms in total. The number of nitrogens with one attached hydrogen (secondary N) is 1. The van der Waals surface area contributed by atoms with Crippen molar-refractivity contribution in [1.29, 1.82) is 0 Å². The van der Waals surface area contributed by atoms with Crippen molar-refractivity contribution in [3.63, 3.8) is 0 Å². The van der Waals surface area contributed by atoms with Gasteiger partial charge in [0.05, 0.1) is 6.61 Å². The number of amides is 1. The Bertz CT molecular complexity index is 769. The molecule has 1 N–H and O–H groups in total. The van der Waals surface area contributed by atoms with E-state index >= 15 is 0 Å². The van der Waals surface area contributed by atoms with E-state index in [0.717, 1.165) is 44.6 Å². The van der Waals surface area contributed by atoms with Crippen molar-refractivity contribution in [2.45, 2.75) is 85.0 Å². The van der Waals surface area contributed by atoms with Crippen LogP contribution in [0.1, 0.15) is 89.2 Å². The molecule has 3 heteroatoms. The molecule has 0 aromatic heterocycles. The monoisotopic (exact) mass is 397 g/mol. The Kier molecular flexibility index (Phi) is 10.0. The highest BCUT2D eigenvalue weighted by Gasteiger charge is 2.17. The standard InChI is InChI=1S/C26H39NO2/c1-5-18-29-25-19-24(20(4)22-15-12-13-16-23(22)25)21(6-2)14-10-8-9-11-17-26(28)27-7-3/h12-13,15-16,19,21H,5-11,14,17-18H2,1-4H3,(H,27,28). The van der Waals surface area contributed by atoms with E-state index in [2.05, 4.69) is 56.4 Å². The van der Waals surface area contributed by atoms with Gasteiger partial charge in [-0.05, 0) is 68.0 Å². The SMILES string of the molecule is CCCOc1cc(C(CC)CCCCCCC(=O)NCC)c(C)c2ccccc12. The number of hydrogen-bond donors (Lipinski definition) is 1. The fourth-order valence-electron chi connectivity index (χ4n) is 4.16. The molecule has 29 heavy (non-hydrogen) atoms. The quantitative estimate of drug-likeness (QED) is 0.373. The van der Waals surface area contributed by atoms with Gasteiger partial charge in [0, 0.05) is 18.4 Å². The highest BCUT2D eigenvalue weighted by molar-refractivity contribution is 5.92. The normalized spacial score (nSPS) is 12.1. The van der Waals surface area contributed by atoms with Gasteiger partial charge in [0.1, 0.15) is 5.75 Å². The average molecular weight is 398 g/mol. The van der Waals surface area contributed by atoms with Crippen LogP contribution in [0.2, 0.25) is 0 Å². The minimum absolute atomic E-state index is 0.185. The number of ether oxygens (including phenoxy) is 1. The number of rotatable bonds is 13. The molecule has 1 atom stereocenters. The van der Waals surface area contributed by atoms with Gasteiger partial charge in [-0.3, -0.25) is 4.79 Å². The molecular weight excluding hydrogens is 358 g/mol. The zero-order valence-corrected chi connectivity index (χ0v) is 18.9. The molecule has 0 fully saturated rings. The van der Waals surface area contributed by atoms with Crippen LogP contribution >= 0.6 is 0 Å². The Hall–Kier alpha value is -2.03. The zero-order valence-electron chi connectivity index (χ0n) is 18.9. The Morgan fingerprint density at radius 3 is 2.45 bits per heavy atom. The fourth-order valence-corrected chi connectivity index (χ4v) is 4.16. The van der Waals surface area contributed by atoms with Crippen LogP contribution < -0.4 is 10.1 Å². The Labute approximate surface area is 177 Å². The Balaban J connectivity index is 2.02. The van der Waals surface area contributed by atoms with E-state index < -0.39 is 0 Å². The van der Waals surface area contributed by atoms with Gasteiger partial charge in [0.25, 0.3) is 0 Å². The topological polar surface area (TPSA) is 38.3 Å². The molecule has 1 unspecified atom stereocenters. The number of unbranched alkanes of at least 4 members (excludes halogenated alkanes) is 3. The van der Waals surface area contributed by atoms with Gasteiger partial charge in [-0.25, -0.2) is 0 Å². The summed E-state index contributed by atoms with van der Waals surface area (Å²) in [7, 11) is 0. The molecular formula is C26H39NO2. The van der Waals surface area contributed by atoms with Crippen LogP contribution in [0.3, 0.4) is 0 Å². The van der Waals surface area contributed by atoms with Gasteiger partial charge in [0.2, 0.25) is 5.91 Å². The van der Waals surface area contributed by atoms with Crippen molar-refractivity contribution < 1.29 is 9.53 Å². The van der Waals surface area contributed by atoms with E-state index in [4.69, 9.17) is 4.74 Å². The van der Waals surface area contributed by atoms with E-state index in [-0.39, 0.29) is 5.91 Å². The summed E-state index contributed by atoms with van der Waals surface area (Å²) in [5, 5.41) is 5.42. The third-order valence-electron chi connectivity index (χ3n) is 5.79. The van der Waals surface area contributed by atoms with Gasteiger partial charge in [-0.2, -0.15) is 0 Å². The van der Waals surface area contributed by atoms with E-state index in [1.165, 1.54) is 41.2 Å². The van der Waals surface area contributed by atoms with Crippen molar-refractivity contribution in [2.75, 3.05) is 13.2 Å². The van der Waals surface area contributed by atoms with Gasteiger partial charge < -0.3 is 10.1 Å². The van der Waals surface area contributed by atoms with Crippen molar-refractivity contribution in [3.8, 4) is 5.75 Å². The first-order chi connectivity index (χ1) is 14.1. The molecule has 2 rings (SSSR count). The summed E-state index contributed by atoms with van der Waals surface area (Å²) >= 11 is 0. The predicted octanol–water partition coefficient (Wildman–Crippen LogP) is 6.91. The fraction of sp³-hybridized carbons (Fsp3) is 0.577. The van der Waals surface area contributed by atoms with Crippen LogP contribution in [-0.2, 0) is 4.79 Å². The van der Waals surface area contributed by atoms with Crippen LogP contribution in [0.5, 0.6) is 5.75 Å². The molecule has 0 radical (unpaired) electrons. The lowest BCUT2D eigenvalue weighted by Crippen LogP contribution is -2.21. The molecule has 0 saturated heterocycles. The lowest BCUT2D eigenvalue weighted by atomic mass is 9.85. The predicted molar refractivity (Wildman–Crippen MR) is 124 cm³/mol. The molecule has 2 aromatic carbocycles. The van der Waals surface area contributed by atoms with E-state index in [1.54, 1.807) is 0 Å². The summed E-state index contributed by atoms with van der Waals surface area (Å²) in [4.78, 5) is 11.5. The van der Waals surface area contributed by atoms with Crippen LogP contribution in [0.15, 0.2) is 30.3 Å². The largest absolute Gasteiger partial charge is 0.493 e. The molecule has 0 spiro atoms. The van der Waals surface area contributed by atoms with E-state index in [1.807, 2.05) is 6.92 Å². The highest BCUT2D eigenvalue weighted by Crippen LogP contribution is 2.37. The maximum absolute atomic E-state index is 11.5. The highest BCUT2D eigenvalue weighted by atomic mass is 16.5. The number of carbonyl (C=O) groups excluding carboxylic acids is 1. The minimum atomic E-state index is 0.185. The molecule has 0 aliphatic carbocycles. The first-order valence-electron chi connectivity index (χ1n) is 11.5. The van der Waals surface area contributed by atoms with Crippen LogP contribution in [0, 0.1) is 6.92 Å². The number of hydrogen-bond acceptors (Lipinski definition) is 2. The lowest BCUT2D eigenvalue weighted by molar-refractivity contribution is -0.121. The summed E-state index contributed by atoms with van der Waals surface area (Å²) in [5.74, 6) is 1.78. The smallest absolute Gasteiger partial charge is 0.219 e. The van der Waals surface area contributed by atoms with Crippen LogP contribution in [-0.4, -0.2) is 19.1 Å². The molecule has 2 aromatic rings. The molecule has 0 saturated carbocycles.